The summed E-state index contributed by atoms with van der Waals surface area (Å²) in [6, 6.07) is 14.7. The van der Waals surface area contributed by atoms with E-state index >= 15 is 0 Å². The summed E-state index contributed by atoms with van der Waals surface area (Å²) in [6.07, 6.45) is -0.770. The zero-order valence-corrected chi connectivity index (χ0v) is 30.3. The van der Waals surface area contributed by atoms with Gasteiger partial charge in [-0.2, -0.15) is 4.90 Å². The Morgan fingerprint density at radius 2 is 1.40 bits per heavy atom. The first kappa shape index (κ1) is 37.5. The average molecular weight is 707 g/mol. The van der Waals surface area contributed by atoms with E-state index in [0.717, 1.165) is 5.56 Å². The fourth-order valence-corrected chi connectivity index (χ4v) is 5.45. The van der Waals surface area contributed by atoms with Gasteiger partial charge in [0.15, 0.2) is 27.1 Å². The lowest BCUT2D eigenvalue weighted by molar-refractivity contribution is 0.0429. The van der Waals surface area contributed by atoms with Crippen molar-refractivity contribution in [3.05, 3.63) is 66.4 Å². The number of anilines is 1. The van der Waals surface area contributed by atoms with Crippen LogP contribution in [0.25, 0.3) is 34.0 Å². The van der Waals surface area contributed by atoms with Gasteiger partial charge in [0.1, 0.15) is 16.9 Å². The molecule has 0 atom stereocenters. The predicted molar refractivity (Wildman–Crippen MR) is 187 cm³/mol. The first-order valence-electron chi connectivity index (χ1n) is 15.8. The van der Waals surface area contributed by atoms with Crippen molar-refractivity contribution in [3.8, 4) is 34.0 Å². The van der Waals surface area contributed by atoms with Crippen molar-refractivity contribution in [2.45, 2.75) is 83.3 Å². The molecule has 0 spiro atoms. The van der Waals surface area contributed by atoms with Gasteiger partial charge in [-0.3, -0.25) is 0 Å². The lowest BCUT2D eigenvalue weighted by atomic mass is 10.1. The number of nitrogens with zero attached hydrogens (tertiary/aromatic N) is 4. The molecule has 0 aliphatic carbocycles. The van der Waals surface area contributed by atoms with Crippen LogP contribution in [-0.2, 0) is 25.9 Å². The number of carbonyl (C=O) groups excluding carboxylic acids is 3. The van der Waals surface area contributed by atoms with Crippen molar-refractivity contribution in [3.63, 3.8) is 0 Å². The molecule has 50 heavy (non-hydrogen) atoms. The molecule has 0 aliphatic rings. The molecule has 2 aromatic heterocycles. The molecule has 15 heteroatoms. The third kappa shape index (κ3) is 9.22. The Morgan fingerprint density at radius 3 is 1.92 bits per heavy atom. The van der Waals surface area contributed by atoms with Gasteiger partial charge in [0.2, 0.25) is 0 Å². The molecule has 0 saturated heterocycles. The number of amides is 4. The third-order valence-electron chi connectivity index (χ3n) is 6.89. The van der Waals surface area contributed by atoms with Gasteiger partial charge < -0.3 is 24.6 Å². The van der Waals surface area contributed by atoms with Crippen molar-refractivity contribution in [2.75, 3.05) is 11.9 Å². The van der Waals surface area contributed by atoms with Crippen LogP contribution in [0.1, 0.15) is 61.0 Å². The maximum atomic E-state index is 13.6. The van der Waals surface area contributed by atoms with Crippen LogP contribution >= 0.6 is 0 Å². The molecule has 0 aliphatic heterocycles. The van der Waals surface area contributed by atoms with Gasteiger partial charge in [-0.25, -0.2) is 32.8 Å². The second kappa shape index (κ2) is 14.7. The number of hydrogen-bond donors (Lipinski definition) is 2. The van der Waals surface area contributed by atoms with Crippen LogP contribution < -0.4 is 15.5 Å². The van der Waals surface area contributed by atoms with E-state index in [4.69, 9.17) is 19.0 Å². The number of carbonyl (C=O) groups is 3. The van der Waals surface area contributed by atoms with Crippen molar-refractivity contribution in [2.24, 2.45) is 0 Å². The van der Waals surface area contributed by atoms with Gasteiger partial charge in [-0.1, -0.05) is 41.6 Å². The number of urea groups is 1. The second-order valence-corrected chi connectivity index (χ2v) is 16.1. The number of sulfone groups is 1. The minimum atomic E-state index is -3.52. The standard InChI is InChI=1S/C35H42N6O8S/c1-21(2)50(45,46)25-16-14-24(15-17-25)27-20-37-30(41(32(43)47-34(3,4)5)33(44)48-35(6,7)8)29(39-27)28-18-26(40-49-28)23-12-10-22(11-13-23)19-38-31(42)36-9/h10-18,20-21H,19H2,1-9H3,(H2,36,38,42). The molecule has 266 valence electrons. The number of benzene rings is 2. The molecule has 2 aromatic carbocycles. The number of aromatic nitrogens is 3. The Morgan fingerprint density at radius 1 is 0.860 bits per heavy atom. The third-order valence-corrected chi connectivity index (χ3v) is 9.06. The van der Waals surface area contributed by atoms with Crippen molar-refractivity contribution >= 4 is 33.9 Å². The fourth-order valence-electron chi connectivity index (χ4n) is 4.39. The van der Waals surface area contributed by atoms with E-state index in [-0.39, 0.29) is 33.9 Å². The number of nitrogens with one attached hydrogen (secondary N) is 2. The smallest absolute Gasteiger partial charge is 0.425 e. The van der Waals surface area contributed by atoms with Crippen LogP contribution in [0.4, 0.5) is 20.2 Å². The highest BCUT2D eigenvalue weighted by Gasteiger charge is 2.37. The van der Waals surface area contributed by atoms with Crippen LogP contribution in [0, 0.1) is 0 Å². The van der Waals surface area contributed by atoms with Gasteiger partial charge in [0, 0.05) is 30.8 Å². The summed E-state index contributed by atoms with van der Waals surface area (Å²) in [5, 5.41) is 8.81. The number of ether oxygens (including phenoxy) is 2. The Labute approximate surface area is 291 Å². The maximum Gasteiger partial charge on any atom is 0.425 e. The molecule has 0 radical (unpaired) electrons. The minimum Gasteiger partial charge on any atom is -0.443 e. The topological polar surface area (TPSA) is 183 Å². The molecule has 2 N–H and O–H groups in total. The van der Waals surface area contributed by atoms with Crippen molar-refractivity contribution in [1.82, 2.24) is 25.8 Å². The predicted octanol–water partition coefficient (Wildman–Crippen LogP) is 6.75. The number of rotatable bonds is 8. The molecule has 4 aromatic rings. The van der Waals surface area contributed by atoms with Crippen LogP contribution in [0.3, 0.4) is 0 Å². The number of hydrogen-bond acceptors (Lipinski definition) is 11. The summed E-state index contributed by atoms with van der Waals surface area (Å²) in [4.78, 5) is 48.8. The summed E-state index contributed by atoms with van der Waals surface area (Å²) in [5.74, 6) is -0.180. The van der Waals surface area contributed by atoms with E-state index in [2.05, 4.69) is 20.8 Å². The van der Waals surface area contributed by atoms with E-state index in [0.29, 0.717) is 28.3 Å². The number of imide groups is 1. The second-order valence-electron chi connectivity index (χ2n) is 13.5. The molecule has 2 heterocycles. The normalized spacial score (nSPS) is 12.0. The van der Waals surface area contributed by atoms with Crippen LogP contribution in [0.15, 0.2) is 70.2 Å². The Balaban J connectivity index is 1.84. The molecule has 0 fully saturated rings. The lowest BCUT2D eigenvalue weighted by Crippen LogP contribution is -2.44. The molecule has 0 bridgehead atoms. The van der Waals surface area contributed by atoms with Crippen LogP contribution in [-0.4, -0.2) is 65.3 Å². The van der Waals surface area contributed by atoms with E-state index in [9.17, 15) is 22.8 Å². The quantitative estimate of drug-likeness (QED) is 0.198. The zero-order valence-electron chi connectivity index (χ0n) is 29.5. The van der Waals surface area contributed by atoms with Gasteiger partial charge in [0.25, 0.3) is 0 Å². The van der Waals surface area contributed by atoms with Gasteiger partial charge in [0.05, 0.1) is 22.0 Å². The lowest BCUT2D eigenvalue weighted by Gasteiger charge is -2.28. The van der Waals surface area contributed by atoms with E-state index in [1.807, 2.05) is 12.1 Å². The van der Waals surface area contributed by atoms with Crippen molar-refractivity contribution in [1.29, 1.82) is 0 Å². The average Bonchev–Trinajstić information content (AvgIpc) is 3.52. The SMILES string of the molecule is CNC(=O)NCc1ccc(-c2cc(-c3nc(-c4ccc(S(=O)(=O)C(C)C)cc4)cnc3N(C(=O)OC(C)(C)C)C(=O)OC(C)(C)C)on2)cc1. The summed E-state index contributed by atoms with van der Waals surface area (Å²) in [6.45, 7) is 13.4. The van der Waals surface area contributed by atoms with Crippen molar-refractivity contribution < 1.29 is 36.8 Å². The monoisotopic (exact) mass is 706 g/mol. The highest BCUT2D eigenvalue weighted by Crippen LogP contribution is 2.34. The molecular weight excluding hydrogens is 664 g/mol. The fraction of sp³-hybridized carbons (Fsp3) is 0.371. The zero-order chi connectivity index (χ0) is 37.0. The molecule has 0 saturated carbocycles. The summed E-state index contributed by atoms with van der Waals surface area (Å²) >= 11 is 0. The van der Waals surface area contributed by atoms with Gasteiger partial charge >= 0.3 is 18.2 Å². The highest BCUT2D eigenvalue weighted by atomic mass is 32.2. The Kier molecular flexibility index (Phi) is 11.0. The van der Waals surface area contributed by atoms with Crippen LogP contribution in [0.2, 0.25) is 0 Å². The molecular formula is C35H42N6O8S. The highest BCUT2D eigenvalue weighted by molar-refractivity contribution is 7.92. The molecule has 4 amide bonds. The minimum absolute atomic E-state index is 0.0387. The summed E-state index contributed by atoms with van der Waals surface area (Å²) < 4.78 is 42.3. The largest absolute Gasteiger partial charge is 0.443 e. The Hall–Kier alpha value is -5.31. The van der Waals surface area contributed by atoms with E-state index in [1.165, 1.54) is 25.4 Å². The molecule has 14 nitrogen and oxygen atoms in total. The Bertz CT molecular complexity index is 1930. The van der Waals surface area contributed by atoms with Gasteiger partial charge in [-0.05, 0) is 73.1 Å². The summed E-state index contributed by atoms with van der Waals surface area (Å²) in [7, 11) is -1.99. The first-order chi connectivity index (χ1) is 23.3. The summed E-state index contributed by atoms with van der Waals surface area (Å²) in [5.41, 5.74) is 0.726. The van der Waals surface area contributed by atoms with E-state index < -0.39 is 38.5 Å². The van der Waals surface area contributed by atoms with Gasteiger partial charge in [-0.15, -0.1) is 0 Å². The van der Waals surface area contributed by atoms with Crippen LogP contribution in [0.5, 0.6) is 0 Å². The maximum absolute atomic E-state index is 13.6. The molecule has 4 rings (SSSR count). The van der Waals surface area contributed by atoms with E-state index in [1.54, 1.807) is 85.7 Å². The first-order valence-corrected chi connectivity index (χ1v) is 17.3. The molecule has 0 unspecified atom stereocenters.